The summed E-state index contributed by atoms with van der Waals surface area (Å²) in [5.41, 5.74) is 8.33. The summed E-state index contributed by atoms with van der Waals surface area (Å²) in [6.45, 7) is 4.05. The van der Waals surface area contributed by atoms with E-state index in [1.807, 2.05) is 13.8 Å². The maximum Gasteiger partial charge on any atom is 0.165 e. The molecule has 1 aromatic carbocycles. The number of aromatic nitrogens is 2. The molecule has 0 aliphatic rings. The standard InChI is InChI=1S/C12H14FN3O/c1-3-17-10-5-4-8(6-9(10)13)12-11(14)7(2)15-16-12/h4-6H,3,14H2,1-2H3,(H,15,16). The van der Waals surface area contributed by atoms with E-state index in [1.54, 1.807) is 12.1 Å². The largest absolute Gasteiger partial charge is 0.491 e. The van der Waals surface area contributed by atoms with Crippen molar-refractivity contribution in [2.45, 2.75) is 13.8 Å². The average Bonchev–Trinajstić information content (AvgIpc) is 2.63. The fourth-order valence-corrected chi connectivity index (χ4v) is 1.58. The van der Waals surface area contributed by atoms with Crippen molar-refractivity contribution in [3.8, 4) is 17.0 Å². The summed E-state index contributed by atoms with van der Waals surface area (Å²) in [6, 6.07) is 4.69. The minimum Gasteiger partial charge on any atom is -0.491 e. The van der Waals surface area contributed by atoms with E-state index in [4.69, 9.17) is 10.5 Å². The average molecular weight is 235 g/mol. The molecule has 2 aromatic rings. The summed E-state index contributed by atoms with van der Waals surface area (Å²) >= 11 is 0. The highest BCUT2D eigenvalue weighted by molar-refractivity contribution is 5.74. The smallest absolute Gasteiger partial charge is 0.165 e. The highest BCUT2D eigenvalue weighted by atomic mass is 19.1. The number of H-pyrrole nitrogens is 1. The molecule has 0 radical (unpaired) electrons. The van der Waals surface area contributed by atoms with Crippen LogP contribution in [0.4, 0.5) is 10.1 Å². The van der Waals surface area contributed by atoms with Crippen LogP contribution in [0.25, 0.3) is 11.3 Å². The first-order valence-corrected chi connectivity index (χ1v) is 5.36. The maximum absolute atomic E-state index is 13.7. The first kappa shape index (κ1) is 11.4. The molecule has 5 heteroatoms. The zero-order chi connectivity index (χ0) is 12.4. The van der Waals surface area contributed by atoms with Gasteiger partial charge < -0.3 is 10.5 Å². The Hall–Kier alpha value is -2.04. The van der Waals surface area contributed by atoms with Crippen LogP contribution in [0.15, 0.2) is 18.2 Å². The van der Waals surface area contributed by atoms with Crippen molar-refractivity contribution >= 4 is 5.69 Å². The van der Waals surface area contributed by atoms with E-state index < -0.39 is 5.82 Å². The Balaban J connectivity index is 2.41. The number of nitrogens with zero attached hydrogens (tertiary/aromatic N) is 1. The number of benzene rings is 1. The Morgan fingerprint density at radius 2 is 2.24 bits per heavy atom. The number of ether oxygens (including phenoxy) is 1. The van der Waals surface area contributed by atoms with Crippen LogP contribution >= 0.6 is 0 Å². The van der Waals surface area contributed by atoms with Crippen LogP contribution in [-0.4, -0.2) is 16.8 Å². The number of nitrogens with two attached hydrogens (primary N) is 1. The minimum atomic E-state index is -0.413. The second-order valence-electron chi connectivity index (χ2n) is 3.69. The lowest BCUT2D eigenvalue weighted by atomic mass is 10.1. The second-order valence-corrected chi connectivity index (χ2v) is 3.69. The molecule has 0 fully saturated rings. The van der Waals surface area contributed by atoms with Crippen LogP contribution in [0.2, 0.25) is 0 Å². The SMILES string of the molecule is CCOc1ccc(-c2n[nH]c(C)c2N)cc1F. The van der Waals surface area contributed by atoms with Crippen molar-refractivity contribution in [3.63, 3.8) is 0 Å². The van der Waals surface area contributed by atoms with Gasteiger partial charge in [-0.1, -0.05) is 0 Å². The van der Waals surface area contributed by atoms with Gasteiger partial charge >= 0.3 is 0 Å². The molecule has 1 heterocycles. The van der Waals surface area contributed by atoms with Gasteiger partial charge in [0.05, 0.1) is 18.0 Å². The minimum absolute atomic E-state index is 0.238. The highest BCUT2D eigenvalue weighted by Gasteiger charge is 2.11. The summed E-state index contributed by atoms with van der Waals surface area (Å²) in [7, 11) is 0. The predicted octanol–water partition coefficient (Wildman–Crippen LogP) is 2.51. The number of aromatic amines is 1. The molecule has 0 aliphatic carbocycles. The summed E-state index contributed by atoms with van der Waals surface area (Å²) in [6.07, 6.45) is 0. The van der Waals surface area contributed by atoms with Crippen molar-refractivity contribution in [2.75, 3.05) is 12.3 Å². The fourth-order valence-electron chi connectivity index (χ4n) is 1.58. The number of hydrogen-bond donors (Lipinski definition) is 2. The molecule has 2 rings (SSSR count). The molecule has 3 N–H and O–H groups in total. The Kier molecular flexibility index (Phi) is 2.99. The van der Waals surface area contributed by atoms with Crippen LogP contribution in [0, 0.1) is 12.7 Å². The van der Waals surface area contributed by atoms with Crippen molar-refractivity contribution in [1.29, 1.82) is 0 Å². The lowest BCUT2D eigenvalue weighted by Crippen LogP contribution is -1.95. The summed E-state index contributed by atoms with van der Waals surface area (Å²) < 4.78 is 18.8. The van der Waals surface area contributed by atoms with Crippen molar-refractivity contribution < 1.29 is 9.13 Å². The van der Waals surface area contributed by atoms with E-state index in [0.29, 0.717) is 23.6 Å². The molecular formula is C12H14FN3O. The molecule has 1 aromatic heterocycles. The number of nitrogens with one attached hydrogen (secondary N) is 1. The molecule has 0 spiro atoms. The molecule has 0 unspecified atom stereocenters. The molecular weight excluding hydrogens is 221 g/mol. The van der Waals surface area contributed by atoms with Crippen LogP contribution in [0.5, 0.6) is 5.75 Å². The van der Waals surface area contributed by atoms with Gasteiger partial charge in [0.1, 0.15) is 5.69 Å². The van der Waals surface area contributed by atoms with E-state index in [2.05, 4.69) is 10.2 Å². The summed E-state index contributed by atoms with van der Waals surface area (Å²) in [5, 5.41) is 6.81. The first-order valence-electron chi connectivity index (χ1n) is 5.36. The van der Waals surface area contributed by atoms with Crippen molar-refractivity contribution in [3.05, 3.63) is 29.7 Å². The van der Waals surface area contributed by atoms with Gasteiger partial charge in [-0.3, -0.25) is 5.10 Å². The summed E-state index contributed by atoms with van der Waals surface area (Å²) in [5.74, 6) is -0.175. The monoisotopic (exact) mass is 235 g/mol. The predicted molar refractivity (Wildman–Crippen MR) is 64.3 cm³/mol. The van der Waals surface area contributed by atoms with Crippen LogP contribution in [-0.2, 0) is 0 Å². The number of nitrogen functional groups attached to an aromatic ring is 1. The van der Waals surface area contributed by atoms with Gasteiger partial charge in [-0.25, -0.2) is 4.39 Å². The Morgan fingerprint density at radius 1 is 1.47 bits per heavy atom. The summed E-state index contributed by atoms with van der Waals surface area (Å²) in [4.78, 5) is 0. The van der Waals surface area contributed by atoms with Gasteiger partial charge in [0, 0.05) is 5.56 Å². The van der Waals surface area contributed by atoms with E-state index in [0.717, 1.165) is 5.69 Å². The molecule has 0 saturated carbocycles. The molecule has 0 saturated heterocycles. The quantitative estimate of drug-likeness (QED) is 0.859. The van der Waals surface area contributed by atoms with Gasteiger partial charge in [0.2, 0.25) is 0 Å². The second kappa shape index (κ2) is 4.45. The van der Waals surface area contributed by atoms with E-state index in [1.165, 1.54) is 6.07 Å². The van der Waals surface area contributed by atoms with Crippen molar-refractivity contribution in [2.24, 2.45) is 0 Å². The topological polar surface area (TPSA) is 63.9 Å². The molecule has 17 heavy (non-hydrogen) atoms. The number of aryl methyl sites for hydroxylation is 1. The number of hydrogen-bond acceptors (Lipinski definition) is 3. The van der Waals surface area contributed by atoms with E-state index >= 15 is 0 Å². The fraction of sp³-hybridized carbons (Fsp3) is 0.250. The van der Waals surface area contributed by atoms with Gasteiger partial charge in [-0.15, -0.1) is 0 Å². The lowest BCUT2D eigenvalue weighted by Gasteiger charge is -2.05. The number of anilines is 1. The third kappa shape index (κ3) is 2.08. The Morgan fingerprint density at radius 3 is 2.76 bits per heavy atom. The maximum atomic E-state index is 13.7. The van der Waals surface area contributed by atoms with Gasteiger partial charge in [-0.2, -0.15) is 5.10 Å². The lowest BCUT2D eigenvalue weighted by molar-refractivity contribution is 0.321. The van der Waals surface area contributed by atoms with E-state index in [9.17, 15) is 4.39 Å². The molecule has 4 nitrogen and oxygen atoms in total. The Labute approximate surface area is 98.6 Å². The zero-order valence-electron chi connectivity index (χ0n) is 9.75. The van der Waals surface area contributed by atoms with Gasteiger partial charge in [0.15, 0.2) is 11.6 Å². The first-order chi connectivity index (χ1) is 8.13. The molecule has 0 atom stereocenters. The molecule has 0 aliphatic heterocycles. The number of rotatable bonds is 3. The number of halogens is 1. The van der Waals surface area contributed by atoms with Crippen molar-refractivity contribution in [1.82, 2.24) is 10.2 Å². The molecule has 90 valence electrons. The third-order valence-electron chi connectivity index (χ3n) is 2.50. The highest BCUT2D eigenvalue weighted by Crippen LogP contribution is 2.29. The zero-order valence-corrected chi connectivity index (χ0v) is 9.75. The van der Waals surface area contributed by atoms with Crippen LogP contribution in [0.3, 0.4) is 0 Å². The van der Waals surface area contributed by atoms with Crippen LogP contribution < -0.4 is 10.5 Å². The third-order valence-corrected chi connectivity index (χ3v) is 2.50. The molecule has 0 bridgehead atoms. The normalized spacial score (nSPS) is 10.5. The van der Waals surface area contributed by atoms with Gasteiger partial charge in [-0.05, 0) is 32.0 Å². The Bertz CT molecular complexity index is 537. The van der Waals surface area contributed by atoms with Crippen LogP contribution in [0.1, 0.15) is 12.6 Å². The van der Waals surface area contributed by atoms with Gasteiger partial charge in [0.25, 0.3) is 0 Å². The molecule has 0 amide bonds. The van der Waals surface area contributed by atoms with E-state index in [-0.39, 0.29) is 5.75 Å².